The third-order valence-corrected chi connectivity index (χ3v) is 7.21. The van der Waals surface area contributed by atoms with Crippen LogP contribution < -0.4 is 5.32 Å². The van der Waals surface area contributed by atoms with Crippen LogP contribution in [0.15, 0.2) is 48.5 Å². The Morgan fingerprint density at radius 3 is 2.30 bits per heavy atom. The number of rotatable bonds is 10. The van der Waals surface area contributed by atoms with E-state index in [1.807, 2.05) is 6.92 Å². The van der Waals surface area contributed by atoms with Crippen LogP contribution in [0.5, 0.6) is 0 Å². The first kappa shape index (κ1) is 25.3. The number of benzene rings is 2. The number of halogens is 1. The summed E-state index contributed by atoms with van der Waals surface area (Å²) in [6.07, 6.45) is 6.03. The van der Waals surface area contributed by atoms with E-state index in [0.717, 1.165) is 37.0 Å². The van der Waals surface area contributed by atoms with Gasteiger partial charge < -0.3 is 10.2 Å². The number of carbonyl (C=O) groups excluding carboxylic acids is 2. The zero-order valence-corrected chi connectivity index (χ0v) is 20.5. The quantitative estimate of drug-likeness (QED) is 0.490. The molecule has 0 spiro atoms. The molecule has 1 fully saturated rings. The molecule has 2 aromatic carbocycles. The molecular weight excluding hydrogens is 435 g/mol. The highest BCUT2D eigenvalue weighted by atomic mass is 32.2. The van der Waals surface area contributed by atoms with E-state index in [9.17, 15) is 14.0 Å². The molecule has 2 amide bonds. The topological polar surface area (TPSA) is 49.4 Å². The number of aryl methyl sites for hydroxylation is 1. The minimum atomic E-state index is -0.538. The zero-order valence-electron chi connectivity index (χ0n) is 19.7. The molecule has 33 heavy (non-hydrogen) atoms. The molecule has 0 aromatic heterocycles. The summed E-state index contributed by atoms with van der Waals surface area (Å²) in [5.74, 6) is 0.571. The summed E-state index contributed by atoms with van der Waals surface area (Å²) in [5.41, 5.74) is 3.20. The lowest BCUT2D eigenvalue weighted by molar-refractivity contribution is -0.139. The molecule has 0 saturated heterocycles. The summed E-state index contributed by atoms with van der Waals surface area (Å²) in [4.78, 5) is 28.2. The lowest BCUT2D eigenvalue weighted by Crippen LogP contribution is -2.52. The third kappa shape index (κ3) is 7.88. The second-order valence-corrected chi connectivity index (χ2v) is 9.88. The maximum atomic E-state index is 13.4. The average Bonchev–Trinajstić information content (AvgIpc) is 2.82. The van der Waals surface area contributed by atoms with Gasteiger partial charge in [0.05, 0.1) is 5.75 Å². The lowest BCUT2D eigenvalue weighted by Gasteiger charge is -2.32. The normalized spacial score (nSPS) is 15.1. The van der Waals surface area contributed by atoms with Crippen molar-refractivity contribution in [1.29, 1.82) is 0 Å². The summed E-state index contributed by atoms with van der Waals surface area (Å²) < 4.78 is 13.4. The van der Waals surface area contributed by atoms with Crippen LogP contribution in [0.25, 0.3) is 0 Å². The van der Waals surface area contributed by atoms with Gasteiger partial charge in [0.15, 0.2) is 0 Å². The lowest BCUT2D eigenvalue weighted by atomic mass is 9.95. The van der Waals surface area contributed by atoms with Gasteiger partial charge in [0.2, 0.25) is 11.8 Å². The fourth-order valence-corrected chi connectivity index (χ4v) is 5.14. The molecule has 1 aliphatic rings. The molecule has 0 radical (unpaired) electrons. The number of nitrogens with zero attached hydrogens (tertiary/aromatic N) is 1. The molecule has 0 heterocycles. The summed E-state index contributed by atoms with van der Waals surface area (Å²) in [6, 6.07) is 14.1. The Morgan fingerprint density at radius 2 is 1.67 bits per heavy atom. The van der Waals surface area contributed by atoms with Gasteiger partial charge in [0.1, 0.15) is 11.9 Å². The second-order valence-electron chi connectivity index (χ2n) is 8.89. The van der Waals surface area contributed by atoms with Crippen LogP contribution in [0.1, 0.15) is 62.1 Å². The van der Waals surface area contributed by atoms with Crippen LogP contribution in [0.2, 0.25) is 0 Å². The van der Waals surface area contributed by atoms with Gasteiger partial charge in [-0.1, -0.05) is 68.1 Å². The van der Waals surface area contributed by atoms with E-state index in [-0.39, 0.29) is 23.7 Å². The number of thioether (sulfide) groups is 1. The Morgan fingerprint density at radius 1 is 1.03 bits per heavy atom. The molecule has 3 rings (SSSR count). The molecule has 1 N–H and O–H groups in total. The van der Waals surface area contributed by atoms with E-state index in [0.29, 0.717) is 18.7 Å². The van der Waals surface area contributed by atoms with E-state index in [4.69, 9.17) is 0 Å². The largest absolute Gasteiger partial charge is 0.352 e. The van der Waals surface area contributed by atoms with Crippen molar-refractivity contribution in [1.82, 2.24) is 10.2 Å². The Kier molecular flexibility index (Phi) is 9.79. The summed E-state index contributed by atoms with van der Waals surface area (Å²) in [5, 5.41) is 3.19. The van der Waals surface area contributed by atoms with Crippen molar-refractivity contribution in [2.75, 3.05) is 5.75 Å². The fraction of sp³-hybridized carbons (Fsp3) is 0.481. The van der Waals surface area contributed by atoms with Crippen molar-refractivity contribution in [2.45, 2.75) is 76.8 Å². The van der Waals surface area contributed by atoms with Crippen molar-refractivity contribution in [3.05, 3.63) is 71.0 Å². The Labute approximate surface area is 201 Å². The van der Waals surface area contributed by atoms with Crippen molar-refractivity contribution in [3.63, 3.8) is 0 Å². The van der Waals surface area contributed by atoms with Gasteiger partial charge in [-0.05, 0) is 49.4 Å². The van der Waals surface area contributed by atoms with Crippen molar-refractivity contribution < 1.29 is 14.0 Å². The summed E-state index contributed by atoms with van der Waals surface area (Å²) in [7, 11) is 0. The summed E-state index contributed by atoms with van der Waals surface area (Å²) in [6.45, 7) is 4.29. The first-order chi connectivity index (χ1) is 16.0. The smallest absolute Gasteiger partial charge is 0.243 e. The number of hydrogen-bond donors (Lipinski definition) is 1. The number of nitrogens with one attached hydrogen (secondary N) is 1. The molecule has 0 unspecified atom stereocenters. The monoisotopic (exact) mass is 470 g/mol. The molecule has 1 aliphatic carbocycles. The highest BCUT2D eigenvalue weighted by Gasteiger charge is 2.30. The maximum Gasteiger partial charge on any atom is 0.243 e. The van der Waals surface area contributed by atoms with Crippen LogP contribution in [-0.2, 0) is 21.9 Å². The molecule has 2 aromatic rings. The van der Waals surface area contributed by atoms with E-state index >= 15 is 0 Å². The predicted octanol–water partition coefficient (Wildman–Crippen LogP) is 5.62. The van der Waals surface area contributed by atoms with Gasteiger partial charge in [0.25, 0.3) is 0 Å². The standard InChI is InChI=1S/C27H35FN2O2S/c1-3-25(27(32)29-24-7-5-4-6-8-24)30(17-21-13-15-23(28)16-14-21)26(31)19-33-18-22-11-9-20(2)10-12-22/h9-16,24-25H,3-8,17-19H2,1-2H3,(H,29,32)/t25-/m1/s1. The predicted molar refractivity (Wildman–Crippen MR) is 133 cm³/mol. The van der Waals surface area contributed by atoms with E-state index in [2.05, 4.69) is 36.5 Å². The van der Waals surface area contributed by atoms with Crippen LogP contribution in [-0.4, -0.2) is 34.6 Å². The molecule has 4 nitrogen and oxygen atoms in total. The van der Waals surface area contributed by atoms with Gasteiger partial charge in [-0.3, -0.25) is 9.59 Å². The maximum absolute atomic E-state index is 13.4. The first-order valence-electron chi connectivity index (χ1n) is 11.9. The van der Waals surface area contributed by atoms with Gasteiger partial charge in [-0.25, -0.2) is 4.39 Å². The van der Waals surface area contributed by atoms with Gasteiger partial charge in [-0.2, -0.15) is 0 Å². The molecule has 178 valence electrons. The minimum Gasteiger partial charge on any atom is -0.352 e. The van der Waals surface area contributed by atoms with Crippen molar-refractivity contribution >= 4 is 23.6 Å². The SMILES string of the molecule is CC[C@H](C(=O)NC1CCCCC1)N(Cc1ccc(F)cc1)C(=O)CSCc1ccc(C)cc1. The Bertz CT molecular complexity index is 895. The molecular formula is C27H35FN2O2S. The Balaban J connectivity index is 1.68. The third-order valence-electron chi connectivity index (χ3n) is 6.22. The zero-order chi connectivity index (χ0) is 23.6. The highest BCUT2D eigenvalue weighted by molar-refractivity contribution is 7.99. The van der Waals surface area contributed by atoms with E-state index in [1.54, 1.807) is 28.8 Å². The molecule has 6 heteroatoms. The molecule has 0 aliphatic heterocycles. The first-order valence-corrected chi connectivity index (χ1v) is 13.1. The van der Waals surface area contributed by atoms with E-state index in [1.165, 1.54) is 29.7 Å². The summed E-state index contributed by atoms with van der Waals surface area (Å²) >= 11 is 1.55. The fourth-order valence-electron chi connectivity index (χ4n) is 4.27. The van der Waals surface area contributed by atoms with E-state index < -0.39 is 6.04 Å². The van der Waals surface area contributed by atoms with Crippen LogP contribution in [0, 0.1) is 12.7 Å². The van der Waals surface area contributed by atoms with Gasteiger partial charge in [0, 0.05) is 18.3 Å². The highest BCUT2D eigenvalue weighted by Crippen LogP contribution is 2.20. The molecule has 1 saturated carbocycles. The number of amides is 2. The van der Waals surface area contributed by atoms with Gasteiger partial charge >= 0.3 is 0 Å². The van der Waals surface area contributed by atoms with Crippen molar-refractivity contribution in [3.8, 4) is 0 Å². The van der Waals surface area contributed by atoms with Crippen LogP contribution >= 0.6 is 11.8 Å². The second kappa shape index (κ2) is 12.8. The van der Waals surface area contributed by atoms with Crippen LogP contribution in [0.4, 0.5) is 4.39 Å². The molecule has 1 atom stereocenters. The molecule has 0 bridgehead atoms. The minimum absolute atomic E-state index is 0.0675. The Hall–Kier alpha value is -2.34. The van der Waals surface area contributed by atoms with Crippen molar-refractivity contribution in [2.24, 2.45) is 0 Å². The van der Waals surface area contributed by atoms with Gasteiger partial charge in [-0.15, -0.1) is 11.8 Å². The number of hydrogen-bond acceptors (Lipinski definition) is 3. The average molecular weight is 471 g/mol. The van der Waals surface area contributed by atoms with Crippen LogP contribution in [0.3, 0.4) is 0 Å². The number of carbonyl (C=O) groups is 2.